The van der Waals surface area contributed by atoms with Crippen LogP contribution in [0.1, 0.15) is 31.1 Å². The molecule has 18 heavy (non-hydrogen) atoms. The highest BCUT2D eigenvalue weighted by atomic mass is 32.2. The predicted molar refractivity (Wildman–Crippen MR) is 73.8 cm³/mol. The minimum Gasteiger partial charge on any atom is -0.391 e. The molecule has 1 rings (SSSR count). The van der Waals surface area contributed by atoms with Crippen LogP contribution in [-0.4, -0.2) is 34.9 Å². The third kappa shape index (κ3) is 4.31. The van der Waals surface area contributed by atoms with Crippen molar-refractivity contribution in [2.24, 2.45) is 5.41 Å². The summed E-state index contributed by atoms with van der Waals surface area (Å²) in [5, 5.41) is 13.4. The molecule has 0 fully saturated rings. The maximum Gasteiger partial charge on any atom is 0.252 e. The third-order valence-electron chi connectivity index (χ3n) is 2.66. The van der Waals surface area contributed by atoms with Gasteiger partial charge in [-0.25, -0.2) is 4.98 Å². The van der Waals surface area contributed by atoms with Crippen LogP contribution in [0.5, 0.6) is 0 Å². The van der Waals surface area contributed by atoms with Gasteiger partial charge in [-0.15, -0.1) is 11.8 Å². The van der Waals surface area contributed by atoms with Gasteiger partial charge in [-0.1, -0.05) is 20.8 Å². The van der Waals surface area contributed by atoms with Crippen LogP contribution >= 0.6 is 11.8 Å². The number of hydrogen-bond donors (Lipinski definition) is 2. The van der Waals surface area contributed by atoms with Gasteiger partial charge in [-0.2, -0.15) is 0 Å². The third-order valence-corrected chi connectivity index (χ3v) is 3.32. The van der Waals surface area contributed by atoms with E-state index in [0.717, 1.165) is 5.03 Å². The average Bonchev–Trinajstić information content (AvgIpc) is 2.34. The Bertz CT molecular complexity index is 398. The maximum absolute atomic E-state index is 11.8. The summed E-state index contributed by atoms with van der Waals surface area (Å²) in [6, 6.07) is 3.54. The van der Waals surface area contributed by atoms with Crippen molar-refractivity contribution in [2.45, 2.75) is 31.9 Å². The monoisotopic (exact) mass is 268 g/mol. The number of thioether (sulfide) groups is 1. The molecule has 0 aromatic carbocycles. The van der Waals surface area contributed by atoms with E-state index < -0.39 is 6.10 Å². The van der Waals surface area contributed by atoms with E-state index in [9.17, 15) is 9.90 Å². The van der Waals surface area contributed by atoms with Crippen molar-refractivity contribution in [1.29, 1.82) is 0 Å². The second-order valence-corrected chi connectivity index (χ2v) is 6.01. The van der Waals surface area contributed by atoms with Gasteiger partial charge in [0.2, 0.25) is 0 Å². The molecule has 1 aromatic heterocycles. The quantitative estimate of drug-likeness (QED) is 0.819. The molecule has 0 aliphatic carbocycles. The van der Waals surface area contributed by atoms with Crippen molar-refractivity contribution >= 4 is 17.7 Å². The molecule has 1 unspecified atom stereocenters. The van der Waals surface area contributed by atoms with E-state index in [1.807, 2.05) is 27.0 Å². The summed E-state index contributed by atoms with van der Waals surface area (Å²) in [6.45, 7) is 6.03. The summed E-state index contributed by atoms with van der Waals surface area (Å²) in [6.07, 6.45) is 2.91. The second-order valence-electron chi connectivity index (χ2n) is 5.18. The number of aliphatic hydroxyl groups is 1. The molecule has 0 aliphatic rings. The minimum atomic E-state index is -0.570. The molecule has 1 amide bonds. The SMILES string of the molecule is CSc1ccc(C(=O)NCC(O)C(C)(C)C)cn1. The van der Waals surface area contributed by atoms with E-state index in [-0.39, 0.29) is 17.9 Å². The van der Waals surface area contributed by atoms with Crippen molar-refractivity contribution in [2.75, 3.05) is 12.8 Å². The molecule has 0 saturated heterocycles. The summed E-state index contributed by atoms with van der Waals surface area (Å²) < 4.78 is 0. The number of nitrogens with zero attached hydrogens (tertiary/aromatic N) is 1. The first-order valence-electron chi connectivity index (χ1n) is 5.81. The van der Waals surface area contributed by atoms with E-state index in [0.29, 0.717) is 5.56 Å². The molecule has 100 valence electrons. The van der Waals surface area contributed by atoms with E-state index in [2.05, 4.69) is 10.3 Å². The zero-order valence-corrected chi connectivity index (χ0v) is 12.0. The van der Waals surface area contributed by atoms with Crippen LogP contribution < -0.4 is 5.32 Å². The Balaban J connectivity index is 2.55. The first-order valence-corrected chi connectivity index (χ1v) is 7.03. The lowest BCUT2D eigenvalue weighted by atomic mass is 9.89. The van der Waals surface area contributed by atoms with E-state index in [4.69, 9.17) is 0 Å². The molecule has 1 aromatic rings. The van der Waals surface area contributed by atoms with Crippen LogP contribution in [0.2, 0.25) is 0 Å². The van der Waals surface area contributed by atoms with E-state index in [1.54, 1.807) is 18.3 Å². The molecule has 5 heteroatoms. The molecule has 1 atom stereocenters. The van der Waals surface area contributed by atoms with Crippen LogP contribution in [0.3, 0.4) is 0 Å². The zero-order chi connectivity index (χ0) is 13.8. The fraction of sp³-hybridized carbons (Fsp3) is 0.538. The highest BCUT2D eigenvalue weighted by molar-refractivity contribution is 7.98. The van der Waals surface area contributed by atoms with Crippen LogP contribution in [0.15, 0.2) is 23.4 Å². The van der Waals surface area contributed by atoms with Gasteiger partial charge in [-0.3, -0.25) is 4.79 Å². The van der Waals surface area contributed by atoms with Gasteiger partial charge in [0.25, 0.3) is 5.91 Å². The molecule has 0 spiro atoms. The highest BCUT2D eigenvalue weighted by Crippen LogP contribution is 2.18. The molecular weight excluding hydrogens is 248 g/mol. The molecule has 1 heterocycles. The van der Waals surface area contributed by atoms with Gasteiger partial charge >= 0.3 is 0 Å². The van der Waals surface area contributed by atoms with Gasteiger partial charge in [0, 0.05) is 12.7 Å². The van der Waals surface area contributed by atoms with Crippen LogP contribution in [-0.2, 0) is 0 Å². The number of aliphatic hydroxyl groups excluding tert-OH is 1. The Kier molecular flexibility index (Phi) is 5.16. The number of aromatic nitrogens is 1. The topological polar surface area (TPSA) is 62.2 Å². The Hall–Kier alpha value is -1.07. The Morgan fingerprint density at radius 1 is 1.50 bits per heavy atom. The lowest BCUT2D eigenvalue weighted by Crippen LogP contribution is -2.39. The molecule has 2 N–H and O–H groups in total. The first-order chi connectivity index (χ1) is 8.34. The summed E-state index contributed by atoms with van der Waals surface area (Å²) in [7, 11) is 0. The van der Waals surface area contributed by atoms with Crippen molar-refractivity contribution in [3.05, 3.63) is 23.9 Å². The first kappa shape index (κ1) is 15.0. The number of pyridine rings is 1. The van der Waals surface area contributed by atoms with Crippen LogP contribution in [0.25, 0.3) is 0 Å². The predicted octanol–water partition coefficient (Wildman–Crippen LogP) is 1.94. The Morgan fingerprint density at radius 2 is 2.17 bits per heavy atom. The average molecular weight is 268 g/mol. The molecular formula is C13H20N2O2S. The molecule has 0 saturated carbocycles. The van der Waals surface area contributed by atoms with Crippen molar-refractivity contribution < 1.29 is 9.90 Å². The van der Waals surface area contributed by atoms with Crippen molar-refractivity contribution in [3.8, 4) is 0 Å². The van der Waals surface area contributed by atoms with Crippen LogP contribution in [0.4, 0.5) is 0 Å². The maximum atomic E-state index is 11.8. The second kappa shape index (κ2) is 6.20. The number of hydrogen-bond acceptors (Lipinski definition) is 4. The fourth-order valence-electron chi connectivity index (χ4n) is 1.23. The molecule has 0 radical (unpaired) electrons. The molecule has 4 nitrogen and oxygen atoms in total. The largest absolute Gasteiger partial charge is 0.391 e. The standard InChI is InChI=1S/C13H20N2O2S/c1-13(2,3)10(16)8-15-12(17)9-5-6-11(18-4)14-7-9/h5-7,10,16H,8H2,1-4H3,(H,15,17). The van der Waals surface area contributed by atoms with Gasteiger partial charge in [-0.05, 0) is 23.8 Å². The van der Waals surface area contributed by atoms with Gasteiger partial charge in [0.15, 0.2) is 0 Å². The summed E-state index contributed by atoms with van der Waals surface area (Å²) >= 11 is 1.53. The summed E-state index contributed by atoms with van der Waals surface area (Å²) in [4.78, 5) is 15.9. The normalized spacial score (nSPS) is 13.2. The number of carbonyl (C=O) groups is 1. The smallest absolute Gasteiger partial charge is 0.252 e. The summed E-state index contributed by atoms with van der Waals surface area (Å²) in [5.41, 5.74) is 0.266. The molecule has 0 bridgehead atoms. The minimum absolute atomic E-state index is 0.210. The Morgan fingerprint density at radius 3 is 2.61 bits per heavy atom. The van der Waals surface area contributed by atoms with Crippen LogP contribution in [0, 0.1) is 5.41 Å². The number of rotatable bonds is 4. The number of nitrogens with one attached hydrogen (secondary N) is 1. The van der Waals surface area contributed by atoms with Gasteiger partial charge < -0.3 is 10.4 Å². The van der Waals surface area contributed by atoms with Crippen molar-refractivity contribution in [1.82, 2.24) is 10.3 Å². The number of amides is 1. The van der Waals surface area contributed by atoms with E-state index in [1.165, 1.54) is 11.8 Å². The van der Waals surface area contributed by atoms with E-state index >= 15 is 0 Å². The fourth-order valence-corrected chi connectivity index (χ4v) is 1.60. The lowest BCUT2D eigenvalue weighted by Gasteiger charge is -2.25. The lowest BCUT2D eigenvalue weighted by molar-refractivity contribution is 0.0586. The Labute approximate surface area is 112 Å². The molecule has 0 aliphatic heterocycles. The summed E-state index contributed by atoms with van der Waals surface area (Å²) in [5.74, 6) is -0.210. The highest BCUT2D eigenvalue weighted by Gasteiger charge is 2.22. The zero-order valence-electron chi connectivity index (χ0n) is 11.2. The van der Waals surface area contributed by atoms with Crippen molar-refractivity contribution in [3.63, 3.8) is 0 Å². The van der Waals surface area contributed by atoms with Gasteiger partial charge in [0.1, 0.15) is 0 Å². The number of carbonyl (C=O) groups excluding carboxylic acids is 1. The van der Waals surface area contributed by atoms with Gasteiger partial charge in [0.05, 0.1) is 16.7 Å².